The molecule has 0 unspecified atom stereocenters. The van der Waals surface area contributed by atoms with Gasteiger partial charge >= 0.3 is 6.18 Å². The second-order valence-electron chi connectivity index (χ2n) is 6.92. The van der Waals surface area contributed by atoms with Crippen molar-refractivity contribution in [1.29, 1.82) is 0 Å². The highest BCUT2D eigenvalue weighted by molar-refractivity contribution is 7.89. The molecular formula is C20H16ClF4N3O3S. The van der Waals surface area contributed by atoms with Gasteiger partial charge in [-0.3, -0.25) is 4.79 Å². The number of alkyl halides is 3. The third-order valence-electron chi connectivity index (χ3n) is 4.68. The van der Waals surface area contributed by atoms with Crippen molar-refractivity contribution in [2.45, 2.75) is 24.9 Å². The predicted molar refractivity (Wildman–Crippen MR) is 111 cm³/mol. The van der Waals surface area contributed by atoms with Gasteiger partial charge in [-0.05, 0) is 56.3 Å². The molecule has 32 heavy (non-hydrogen) atoms. The van der Waals surface area contributed by atoms with Gasteiger partial charge in [0.25, 0.3) is 5.91 Å². The summed E-state index contributed by atoms with van der Waals surface area (Å²) >= 11 is 5.91. The summed E-state index contributed by atoms with van der Waals surface area (Å²) in [7, 11) is -4.06. The highest BCUT2D eigenvalue weighted by Gasteiger charge is 2.35. The Balaban J connectivity index is 2.01. The van der Waals surface area contributed by atoms with E-state index in [0.717, 1.165) is 18.2 Å². The average Bonchev–Trinajstić information content (AvgIpc) is 2.94. The van der Waals surface area contributed by atoms with Gasteiger partial charge in [-0.15, -0.1) is 0 Å². The molecular weight excluding hydrogens is 474 g/mol. The number of carbonyl (C=O) groups excluding carboxylic acids is 1. The van der Waals surface area contributed by atoms with Gasteiger partial charge < -0.3 is 9.88 Å². The standard InChI is InChI=1S/C20H16ClF4N3O3S/c1-10-7-14(19(29)27-13-4-6-18(16(21)9-13)32(26,30)31)11(2)28(10)17-5-3-12(22)8-15(17)20(23,24)25/h3-9H,1-2H3,(H,27,29)(H2,26,30,31). The van der Waals surface area contributed by atoms with Crippen LogP contribution in [-0.4, -0.2) is 18.9 Å². The number of hydrogen-bond acceptors (Lipinski definition) is 3. The Hall–Kier alpha value is -2.89. The number of nitrogens with two attached hydrogens (primary N) is 1. The van der Waals surface area contributed by atoms with E-state index in [-0.39, 0.29) is 32.6 Å². The summed E-state index contributed by atoms with van der Waals surface area (Å²) in [6.45, 7) is 2.95. The lowest BCUT2D eigenvalue weighted by Gasteiger charge is -2.17. The molecule has 0 bridgehead atoms. The van der Waals surface area contributed by atoms with Crippen LogP contribution in [0.15, 0.2) is 47.4 Å². The van der Waals surface area contributed by atoms with E-state index in [0.29, 0.717) is 11.8 Å². The van der Waals surface area contributed by atoms with Gasteiger partial charge in [-0.2, -0.15) is 13.2 Å². The molecule has 12 heteroatoms. The minimum Gasteiger partial charge on any atom is -0.322 e. The van der Waals surface area contributed by atoms with Crippen molar-refractivity contribution in [3.63, 3.8) is 0 Å². The molecule has 0 aliphatic rings. The number of aryl methyl sites for hydroxylation is 1. The summed E-state index contributed by atoms with van der Waals surface area (Å²) in [5.74, 6) is -1.71. The molecule has 170 valence electrons. The topological polar surface area (TPSA) is 94.2 Å². The molecule has 0 fully saturated rings. The smallest absolute Gasteiger partial charge is 0.322 e. The minimum atomic E-state index is -4.81. The third-order valence-corrected chi connectivity index (χ3v) is 6.07. The highest BCUT2D eigenvalue weighted by Crippen LogP contribution is 2.36. The monoisotopic (exact) mass is 489 g/mol. The van der Waals surface area contributed by atoms with Gasteiger partial charge in [0.05, 0.1) is 21.8 Å². The first-order chi connectivity index (χ1) is 14.7. The Morgan fingerprint density at radius 2 is 1.75 bits per heavy atom. The molecule has 0 spiro atoms. The molecule has 0 saturated heterocycles. The molecule has 0 aliphatic carbocycles. The van der Waals surface area contributed by atoms with E-state index in [1.54, 1.807) is 0 Å². The van der Waals surface area contributed by atoms with E-state index in [1.807, 2.05) is 0 Å². The maximum atomic E-state index is 13.5. The molecule has 3 aromatic rings. The normalized spacial score (nSPS) is 12.1. The number of amides is 1. The lowest BCUT2D eigenvalue weighted by Crippen LogP contribution is -2.16. The van der Waals surface area contributed by atoms with Crippen LogP contribution in [0.25, 0.3) is 5.69 Å². The van der Waals surface area contributed by atoms with Crippen LogP contribution in [0.5, 0.6) is 0 Å². The maximum Gasteiger partial charge on any atom is 0.418 e. The highest BCUT2D eigenvalue weighted by atomic mass is 35.5. The maximum absolute atomic E-state index is 13.5. The van der Waals surface area contributed by atoms with Crippen LogP contribution < -0.4 is 10.5 Å². The summed E-state index contributed by atoms with van der Waals surface area (Å²) in [5, 5.41) is 7.34. The first kappa shape index (κ1) is 23.8. The molecule has 2 aromatic carbocycles. The van der Waals surface area contributed by atoms with Crippen LogP contribution in [-0.2, 0) is 16.2 Å². The molecule has 0 aliphatic heterocycles. The molecule has 6 nitrogen and oxygen atoms in total. The molecule has 0 atom stereocenters. The van der Waals surface area contributed by atoms with E-state index < -0.39 is 33.5 Å². The van der Waals surface area contributed by atoms with E-state index in [4.69, 9.17) is 16.7 Å². The zero-order chi connectivity index (χ0) is 24.0. The molecule has 1 amide bonds. The van der Waals surface area contributed by atoms with E-state index in [9.17, 15) is 30.8 Å². The van der Waals surface area contributed by atoms with Crippen LogP contribution in [0.3, 0.4) is 0 Å². The molecule has 1 heterocycles. The van der Waals surface area contributed by atoms with Gasteiger partial charge in [0.15, 0.2) is 0 Å². The lowest BCUT2D eigenvalue weighted by atomic mass is 10.1. The Labute approximate surface area is 185 Å². The third kappa shape index (κ3) is 4.64. The van der Waals surface area contributed by atoms with Crippen molar-refractivity contribution in [3.05, 3.63) is 75.8 Å². The minimum absolute atomic E-state index is 0.0617. The van der Waals surface area contributed by atoms with E-state index in [2.05, 4.69) is 5.32 Å². The number of halogens is 5. The predicted octanol–water partition coefficient (Wildman–Crippen LogP) is 4.81. The summed E-state index contributed by atoms with van der Waals surface area (Å²) in [5.41, 5.74) is -0.802. The second kappa shape index (κ2) is 8.23. The fourth-order valence-corrected chi connectivity index (χ4v) is 4.39. The zero-order valence-electron chi connectivity index (χ0n) is 16.6. The Morgan fingerprint density at radius 3 is 2.31 bits per heavy atom. The quantitative estimate of drug-likeness (QED) is 0.515. The van der Waals surface area contributed by atoms with E-state index >= 15 is 0 Å². The second-order valence-corrected chi connectivity index (χ2v) is 8.86. The first-order valence-electron chi connectivity index (χ1n) is 8.90. The SMILES string of the molecule is Cc1cc(C(=O)Nc2ccc(S(N)(=O)=O)c(Cl)c2)c(C)n1-c1ccc(F)cc1C(F)(F)F. The van der Waals surface area contributed by atoms with Crippen LogP contribution >= 0.6 is 11.6 Å². The summed E-state index contributed by atoms with van der Waals surface area (Å²) in [6, 6.07) is 7.23. The number of anilines is 1. The van der Waals surface area contributed by atoms with Crippen molar-refractivity contribution in [2.24, 2.45) is 5.14 Å². The van der Waals surface area contributed by atoms with Crippen molar-refractivity contribution >= 4 is 33.2 Å². The van der Waals surface area contributed by atoms with Gasteiger partial charge in [-0.25, -0.2) is 17.9 Å². The summed E-state index contributed by atoms with van der Waals surface area (Å²) < 4.78 is 78.0. The summed E-state index contributed by atoms with van der Waals surface area (Å²) in [4.78, 5) is 12.4. The zero-order valence-corrected chi connectivity index (χ0v) is 18.2. The van der Waals surface area contributed by atoms with Gasteiger partial charge in [-0.1, -0.05) is 11.6 Å². The molecule has 3 N–H and O–H groups in total. The summed E-state index contributed by atoms with van der Waals surface area (Å²) in [6.07, 6.45) is -4.81. The molecule has 0 radical (unpaired) electrons. The number of aromatic nitrogens is 1. The van der Waals surface area contributed by atoms with Crippen LogP contribution in [0.4, 0.5) is 23.2 Å². The average molecular weight is 490 g/mol. The molecule has 3 rings (SSSR count). The number of sulfonamides is 1. The first-order valence-corrected chi connectivity index (χ1v) is 10.8. The Bertz CT molecular complexity index is 1330. The Morgan fingerprint density at radius 1 is 1.09 bits per heavy atom. The van der Waals surface area contributed by atoms with Crippen molar-refractivity contribution in [2.75, 3.05) is 5.32 Å². The largest absolute Gasteiger partial charge is 0.418 e. The van der Waals surface area contributed by atoms with Crippen molar-refractivity contribution in [1.82, 2.24) is 4.57 Å². The van der Waals surface area contributed by atoms with Crippen LogP contribution in [0.1, 0.15) is 27.3 Å². The van der Waals surface area contributed by atoms with Gasteiger partial charge in [0.2, 0.25) is 10.0 Å². The van der Waals surface area contributed by atoms with Gasteiger partial charge in [0.1, 0.15) is 10.7 Å². The van der Waals surface area contributed by atoms with Crippen LogP contribution in [0, 0.1) is 19.7 Å². The molecule has 1 aromatic heterocycles. The number of nitrogens with one attached hydrogen (secondary N) is 1. The van der Waals surface area contributed by atoms with Gasteiger partial charge in [0, 0.05) is 17.1 Å². The van der Waals surface area contributed by atoms with Crippen molar-refractivity contribution in [3.8, 4) is 5.69 Å². The number of hydrogen-bond donors (Lipinski definition) is 2. The van der Waals surface area contributed by atoms with Crippen LogP contribution in [0.2, 0.25) is 5.02 Å². The van der Waals surface area contributed by atoms with Crippen molar-refractivity contribution < 1.29 is 30.8 Å². The van der Waals surface area contributed by atoms with E-state index in [1.165, 1.54) is 36.6 Å². The number of carbonyl (C=O) groups is 1. The molecule has 0 saturated carbocycles. The number of primary sulfonamides is 1. The lowest BCUT2D eigenvalue weighted by molar-refractivity contribution is -0.137. The Kier molecular flexibility index (Phi) is 6.11. The number of benzene rings is 2. The fraction of sp³-hybridized carbons (Fsp3) is 0.150. The number of rotatable bonds is 4. The fourth-order valence-electron chi connectivity index (χ4n) is 3.30. The number of nitrogens with zero attached hydrogens (tertiary/aromatic N) is 1.